The van der Waals surface area contributed by atoms with E-state index in [2.05, 4.69) is 13.0 Å². The van der Waals surface area contributed by atoms with Crippen LogP contribution in [-0.4, -0.2) is 30.2 Å². The summed E-state index contributed by atoms with van der Waals surface area (Å²) in [5, 5.41) is 0. The van der Waals surface area contributed by atoms with Crippen LogP contribution in [0, 0.1) is 0 Å². The van der Waals surface area contributed by atoms with Crippen molar-refractivity contribution in [1.82, 2.24) is 0 Å². The maximum atomic E-state index is 12.9. The second-order valence-corrected chi connectivity index (χ2v) is 7.51. The third kappa shape index (κ3) is 2.93. The number of anilines is 2. The molecule has 2 aliphatic heterocycles. The average Bonchev–Trinajstić information content (AvgIpc) is 2.96. The number of para-hydroxylation sites is 2. The molecule has 0 aromatic heterocycles. The second-order valence-electron chi connectivity index (χ2n) is 6.50. The van der Waals surface area contributed by atoms with E-state index in [1.807, 2.05) is 47.4 Å². The molecule has 2 aromatic rings. The lowest BCUT2D eigenvalue weighted by molar-refractivity contribution is -0.119. The Morgan fingerprint density at radius 1 is 1.12 bits per heavy atom. The second kappa shape index (κ2) is 6.56. The first-order valence-corrected chi connectivity index (χ1v) is 9.56. The van der Waals surface area contributed by atoms with Gasteiger partial charge in [0.2, 0.25) is 11.8 Å². The highest BCUT2D eigenvalue weighted by Gasteiger charge is 2.31. The Kier molecular flexibility index (Phi) is 4.25. The van der Waals surface area contributed by atoms with E-state index in [1.165, 1.54) is 5.56 Å². The first kappa shape index (κ1) is 16.2. The molecule has 25 heavy (non-hydrogen) atoms. The summed E-state index contributed by atoms with van der Waals surface area (Å²) in [5.74, 6) is 0.598. The molecule has 2 amide bonds. The Morgan fingerprint density at radius 3 is 2.68 bits per heavy atom. The van der Waals surface area contributed by atoms with Gasteiger partial charge in [-0.25, -0.2) is 0 Å². The van der Waals surface area contributed by atoms with E-state index in [9.17, 15) is 9.59 Å². The first-order chi connectivity index (χ1) is 12.1. The van der Waals surface area contributed by atoms with Crippen molar-refractivity contribution < 1.29 is 9.59 Å². The average molecular weight is 352 g/mol. The number of amides is 2. The summed E-state index contributed by atoms with van der Waals surface area (Å²) in [4.78, 5) is 30.0. The summed E-state index contributed by atoms with van der Waals surface area (Å²) in [5.41, 5.74) is 3.16. The van der Waals surface area contributed by atoms with Crippen LogP contribution in [0.4, 0.5) is 11.4 Å². The summed E-state index contributed by atoms with van der Waals surface area (Å²) in [7, 11) is 0. The lowest BCUT2D eigenvalue weighted by Gasteiger charge is -2.30. The van der Waals surface area contributed by atoms with E-state index in [-0.39, 0.29) is 17.9 Å². The molecule has 2 aliphatic rings. The highest BCUT2D eigenvalue weighted by molar-refractivity contribution is 8.00. The van der Waals surface area contributed by atoms with Crippen LogP contribution < -0.4 is 9.80 Å². The maximum Gasteiger partial charge on any atom is 0.237 e. The van der Waals surface area contributed by atoms with Crippen LogP contribution in [0.2, 0.25) is 0 Å². The first-order valence-electron chi connectivity index (χ1n) is 8.57. The number of rotatable bonds is 3. The Bertz CT molecular complexity index is 836. The topological polar surface area (TPSA) is 40.6 Å². The van der Waals surface area contributed by atoms with E-state index >= 15 is 0 Å². The third-order valence-corrected chi connectivity index (χ3v) is 5.88. The molecule has 0 aliphatic carbocycles. The molecule has 4 rings (SSSR count). The number of carbonyl (C=O) groups is 2. The standard InChI is InChI=1S/C20H20N2O2S/c1-14-12-15-6-2-3-7-16(15)22(14)19(23)10-11-21-17-8-4-5-9-18(17)25-13-20(21)24/h2-9,14H,10-13H2,1H3/t14-/m0/s1. The van der Waals surface area contributed by atoms with Crippen LogP contribution in [0.3, 0.4) is 0 Å². The van der Waals surface area contributed by atoms with Gasteiger partial charge >= 0.3 is 0 Å². The van der Waals surface area contributed by atoms with E-state index in [0.717, 1.165) is 22.7 Å². The Morgan fingerprint density at radius 2 is 1.84 bits per heavy atom. The number of nitrogens with zero attached hydrogens (tertiary/aromatic N) is 2. The molecule has 0 saturated heterocycles. The molecule has 2 heterocycles. The highest BCUT2D eigenvalue weighted by atomic mass is 32.2. The summed E-state index contributed by atoms with van der Waals surface area (Å²) in [6.07, 6.45) is 1.23. The smallest absolute Gasteiger partial charge is 0.237 e. The fraction of sp³-hybridized carbons (Fsp3) is 0.300. The molecule has 0 unspecified atom stereocenters. The predicted molar refractivity (Wildman–Crippen MR) is 101 cm³/mol. The van der Waals surface area contributed by atoms with Gasteiger partial charge in [-0.05, 0) is 37.1 Å². The lowest BCUT2D eigenvalue weighted by Crippen LogP contribution is -2.41. The van der Waals surface area contributed by atoms with Crippen molar-refractivity contribution in [3.05, 3.63) is 54.1 Å². The predicted octanol–water partition coefficient (Wildman–Crippen LogP) is 3.49. The molecule has 128 valence electrons. The fourth-order valence-electron chi connectivity index (χ4n) is 3.67. The molecule has 4 nitrogen and oxygen atoms in total. The number of thioether (sulfide) groups is 1. The molecule has 0 spiro atoms. The van der Waals surface area contributed by atoms with Crippen LogP contribution in [-0.2, 0) is 16.0 Å². The van der Waals surface area contributed by atoms with Crippen LogP contribution in [0.1, 0.15) is 18.9 Å². The van der Waals surface area contributed by atoms with Crippen molar-refractivity contribution in [3.8, 4) is 0 Å². The van der Waals surface area contributed by atoms with Gasteiger partial charge in [0.15, 0.2) is 0 Å². The third-order valence-electron chi connectivity index (χ3n) is 4.83. The summed E-state index contributed by atoms with van der Waals surface area (Å²) < 4.78 is 0. The van der Waals surface area contributed by atoms with Gasteiger partial charge in [0, 0.05) is 29.6 Å². The van der Waals surface area contributed by atoms with Gasteiger partial charge in [-0.1, -0.05) is 30.3 Å². The Balaban J connectivity index is 1.50. The summed E-state index contributed by atoms with van der Waals surface area (Å²) in [6.45, 7) is 2.51. The van der Waals surface area contributed by atoms with Crippen molar-refractivity contribution in [1.29, 1.82) is 0 Å². The van der Waals surface area contributed by atoms with Gasteiger partial charge in [-0.15, -0.1) is 11.8 Å². The van der Waals surface area contributed by atoms with E-state index in [4.69, 9.17) is 0 Å². The van der Waals surface area contributed by atoms with Gasteiger partial charge in [-0.3, -0.25) is 9.59 Å². The Labute approximate surface area is 151 Å². The molecule has 0 fully saturated rings. The minimum absolute atomic E-state index is 0.0753. The molecule has 0 bridgehead atoms. The quantitative estimate of drug-likeness (QED) is 0.849. The zero-order chi connectivity index (χ0) is 17.4. The molecule has 1 atom stereocenters. The van der Waals surface area contributed by atoms with Crippen molar-refractivity contribution in [3.63, 3.8) is 0 Å². The van der Waals surface area contributed by atoms with Crippen LogP contribution in [0.25, 0.3) is 0 Å². The van der Waals surface area contributed by atoms with Gasteiger partial charge < -0.3 is 9.80 Å². The number of benzene rings is 2. The van der Waals surface area contributed by atoms with Crippen molar-refractivity contribution in [2.75, 3.05) is 22.1 Å². The highest BCUT2D eigenvalue weighted by Crippen LogP contribution is 2.36. The lowest BCUT2D eigenvalue weighted by atomic mass is 10.1. The number of carbonyl (C=O) groups excluding carboxylic acids is 2. The monoisotopic (exact) mass is 352 g/mol. The minimum atomic E-state index is 0.0753. The number of hydrogen-bond acceptors (Lipinski definition) is 3. The maximum absolute atomic E-state index is 12.9. The molecule has 2 aromatic carbocycles. The van der Waals surface area contributed by atoms with Crippen LogP contribution in [0.15, 0.2) is 53.4 Å². The van der Waals surface area contributed by atoms with Gasteiger partial charge in [0.1, 0.15) is 0 Å². The van der Waals surface area contributed by atoms with Gasteiger partial charge in [0.05, 0.1) is 11.4 Å². The van der Waals surface area contributed by atoms with Gasteiger partial charge in [-0.2, -0.15) is 0 Å². The van der Waals surface area contributed by atoms with E-state index in [1.54, 1.807) is 16.7 Å². The largest absolute Gasteiger partial charge is 0.310 e. The van der Waals surface area contributed by atoms with Crippen molar-refractivity contribution >= 4 is 35.0 Å². The summed E-state index contributed by atoms with van der Waals surface area (Å²) in [6, 6.07) is 16.1. The molecule has 0 radical (unpaired) electrons. The zero-order valence-corrected chi connectivity index (χ0v) is 15.0. The van der Waals surface area contributed by atoms with Crippen molar-refractivity contribution in [2.24, 2.45) is 0 Å². The van der Waals surface area contributed by atoms with Crippen molar-refractivity contribution in [2.45, 2.75) is 30.7 Å². The molecular formula is C20H20N2O2S. The SMILES string of the molecule is C[C@H]1Cc2ccccc2N1C(=O)CCN1C(=O)CSc2ccccc21. The normalized spacial score (nSPS) is 18.9. The number of hydrogen-bond donors (Lipinski definition) is 0. The van der Waals surface area contributed by atoms with Gasteiger partial charge in [0.25, 0.3) is 0 Å². The molecule has 0 N–H and O–H groups in total. The van der Waals surface area contributed by atoms with E-state index in [0.29, 0.717) is 18.7 Å². The zero-order valence-electron chi connectivity index (χ0n) is 14.1. The Hall–Kier alpha value is -2.27. The fourth-order valence-corrected chi connectivity index (χ4v) is 4.61. The number of fused-ring (bicyclic) bond motifs is 2. The van der Waals surface area contributed by atoms with Crippen LogP contribution >= 0.6 is 11.8 Å². The summed E-state index contributed by atoms with van der Waals surface area (Å²) >= 11 is 1.56. The minimum Gasteiger partial charge on any atom is -0.310 e. The van der Waals surface area contributed by atoms with Crippen LogP contribution in [0.5, 0.6) is 0 Å². The molecule has 0 saturated carbocycles. The molecular weight excluding hydrogens is 332 g/mol. The molecule has 5 heteroatoms. The van der Waals surface area contributed by atoms with E-state index < -0.39 is 0 Å².